The van der Waals surface area contributed by atoms with E-state index in [-0.39, 0.29) is 17.5 Å². The molecule has 1 aliphatic carbocycles. The number of nitrogens with zero attached hydrogens (tertiary/aromatic N) is 1. The van der Waals surface area contributed by atoms with E-state index in [2.05, 4.69) is 4.98 Å². The number of amides is 1. The molecule has 1 aromatic heterocycles. The summed E-state index contributed by atoms with van der Waals surface area (Å²) in [7, 11) is 0. The van der Waals surface area contributed by atoms with Gasteiger partial charge in [-0.15, -0.1) is 0 Å². The molecule has 0 bridgehead atoms. The highest BCUT2D eigenvalue weighted by molar-refractivity contribution is 5.95. The summed E-state index contributed by atoms with van der Waals surface area (Å²) in [6.45, 7) is 0.356. The first-order valence-electron chi connectivity index (χ1n) is 6.85. The molecule has 3 N–H and O–H groups in total. The quantitative estimate of drug-likeness (QED) is 0.671. The SMILES string of the molecule is O=C(O)C1C2CCCC2CN1C(=O)c1cc(=O)[nH]c(=O)[nH]1. The van der Waals surface area contributed by atoms with Gasteiger partial charge in [-0.05, 0) is 24.7 Å². The third-order valence-electron chi connectivity index (χ3n) is 4.40. The molecule has 1 aliphatic heterocycles. The number of likely N-dealkylation sites (tertiary alicyclic amines) is 1. The maximum absolute atomic E-state index is 12.4. The van der Waals surface area contributed by atoms with E-state index < -0.39 is 29.2 Å². The topological polar surface area (TPSA) is 123 Å². The average Bonchev–Trinajstić information content (AvgIpc) is 2.95. The van der Waals surface area contributed by atoms with Gasteiger partial charge < -0.3 is 15.0 Å². The molecule has 2 aliphatic rings. The highest BCUT2D eigenvalue weighted by atomic mass is 16.4. The van der Waals surface area contributed by atoms with E-state index in [1.165, 1.54) is 4.90 Å². The highest BCUT2D eigenvalue weighted by Gasteiger charge is 2.49. The number of fused-ring (bicyclic) bond motifs is 1. The van der Waals surface area contributed by atoms with E-state index in [1.54, 1.807) is 0 Å². The van der Waals surface area contributed by atoms with Crippen LogP contribution in [0.1, 0.15) is 29.8 Å². The number of carbonyl (C=O) groups excluding carboxylic acids is 1. The second-order valence-corrected chi connectivity index (χ2v) is 5.60. The first kappa shape index (κ1) is 13.6. The second kappa shape index (κ2) is 4.87. The predicted molar refractivity (Wildman–Crippen MR) is 71.0 cm³/mol. The number of carboxylic acids is 1. The van der Waals surface area contributed by atoms with Crippen molar-refractivity contribution < 1.29 is 14.7 Å². The van der Waals surface area contributed by atoms with Crippen LogP contribution in [-0.4, -0.2) is 44.4 Å². The van der Waals surface area contributed by atoms with Crippen LogP contribution in [0.5, 0.6) is 0 Å². The third-order valence-corrected chi connectivity index (χ3v) is 4.40. The summed E-state index contributed by atoms with van der Waals surface area (Å²) in [6.07, 6.45) is 2.67. The lowest BCUT2D eigenvalue weighted by molar-refractivity contribution is -0.142. The van der Waals surface area contributed by atoms with Crippen molar-refractivity contribution in [1.82, 2.24) is 14.9 Å². The summed E-state index contributed by atoms with van der Waals surface area (Å²) in [5, 5.41) is 9.40. The molecule has 1 aromatic rings. The van der Waals surface area contributed by atoms with Crippen LogP contribution < -0.4 is 11.2 Å². The lowest BCUT2D eigenvalue weighted by atomic mass is 9.94. The van der Waals surface area contributed by atoms with Gasteiger partial charge in [-0.25, -0.2) is 9.59 Å². The number of aromatic nitrogens is 2. The number of carboxylic acid groups (broad SMARTS) is 1. The van der Waals surface area contributed by atoms with Crippen molar-refractivity contribution >= 4 is 11.9 Å². The van der Waals surface area contributed by atoms with E-state index in [0.717, 1.165) is 25.3 Å². The Morgan fingerprint density at radius 1 is 1.24 bits per heavy atom. The van der Waals surface area contributed by atoms with Gasteiger partial charge in [0.1, 0.15) is 11.7 Å². The lowest BCUT2D eigenvalue weighted by Gasteiger charge is -2.24. The minimum absolute atomic E-state index is 0.0415. The van der Waals surface area contributed by atoms with Crippen LogP contribution in [0.3, 0.4) is 0 Å². The van der Waals surface area contributed by atoms with Crippen LogP contribution in [0.2, 0.25) is 0 Å². The molecule has 2 fully saturated rings. The molecule has 0 aromatic carbocycles. The molecule has 0 radical (unpaired) electrons. The van der Waals surface area contributed by atoms with E-state index in [0.29, 0.717) is 6.54 Å². The number of nitrogens with one attached hydrogen (secondary N) is 2. The second-order valence-electron chi connectivity index (χ2n) is 5.60. The molecule has 8 nitrogen and oxygen atoms in total. The summed E-state index contributed by atoms with van der Waals surface area (Å²) >= 11 is 0. The predicted octanol–water partition coefficient (Wildman–Crippen LogP) is -0.611. The van der Waals surface area contributed by atoms with E-state index in [9.17, 15) is 24.3 Å². The van der Waals surface area contributed by atoms with Gasteiger partial charge in [-0.2, -0.15) is 0 Å². The van der Waals surface area contributed by atoms with Crippen LogP contribution in [0.4, 0.5) is 0 Å². The minimum Gasteiger partial charge on any atom is -0.480 e. The van der Waals surface area contributed by atoms with Crippen molar-refractivity contribution in [3.05, 3.63) is 32.6 Å². The molecule has 1 saturated carbocycles. The Hall–Kier alpha value is -2.38. The zero-order chi connectivity index (χ0) is 15.1. The molecule has 2 heterocycles. The molecular weight excluding hydrogens is 278 g/mol. The van der Waals surface area contributed by atoms with Gasteiger partial charge in [0.25, 0.3) is 11.5 Å². The van der Waals surface area contributed by atoms with Crippen LogP contribution in [0.15, 0.2) is 15.7 Å². The number of aromatic amines is 2. The van der Waals surface area contributed by atoms with Gasteiger partial charge in [0.2, 0.25) is 0 Å². The standard InChI is InChI=1S/C13H15N3O5/c17-9-4-8(14-13(21)15-9)11(18)16-5-6-2-1-3-7(6)10(16)12(19)20/h4,6-7,10H,1-3,5H2,(H,19,20)(H2,14,15,17,21). The van der Waals surface area contributed by atoms with Crippen LogP contribution in [0, 0.1) is 11.8 Å². The molecule has 3 unspecified atom stereocenters. The van der Waals surface area contributed by atoms with E-state index in [1.807, 2.05) is 4.98 Å². The van der Waals surface area contributed by atoms with Crippen molar-refractivity contribution in [1.29, 1.82) is 0 Å². The van der Waals surface area contributed by atoms with Gasteiger partial charge in [-0.1, -0.05) is 6.42 Å². The van der Waals surface area contributed by atoms with Crippen molar-refractivity contribution in [2.45, 2.75) is 25.3 Å². The summed E-state index contributed by atoms with van der Waals surface area (Å²) < 4.78 is 0. The molecule has 0 spiro atoms. The fraction of sp³-hybridized carbons (Fsp3) is 0.538. The Morgan fingerprint density at radius 2 is 2.00 bits per heavy atom. The smallest absolute Gasteiger partial charge is 0.326 e. The zero-order valence-electron chi connectivity index (χ0n) is 11.2. The summed E-state index contributed by atoms with van der Waals surface area (Å²) in [5.41, 5.74) is -1.64. The Balaban J connectivity index is 1.95. The third kappa shape index (κ3) is 2.26. The average molecular weight is 293 g/mol. The van der Waals surface area contributed by atoms with Crippen molar-refractivity contribution in [3.8, 4) is 0 Å². The van der Waals surface area contributed by atoms with Gasteiger partial charge in [0.15, 0.2) is 0 Å². The lowest BCUT2D eigenvalue weighted by Crippen LogP contribution is -2.44. The van der Waals surface area contributed by atoms with Crippen molar-refractivity contribution in [2.24, 2.45) is 11.8 Å². The number of hydrogen-bond acceptors (Lipinski definition) is 4. The van der Waals surface area contributed by atoms with Gasteiger partial charge in [-0.3, -0.25) is 14.6 Å². The number of aliphatic carboxylic acids is 1. The minimum atomic E-state index is -1.04. The Labute approximate surface area is 118 Å². The van der Waals surface area contributed by atoms with Crippen LogP contribution in [-0.2, 0) is 4.79 Å². The van der Waals surface area contributed by atoms with Gasteiger partial charge in [0, 0.05) is 12.6 Å². The molecule has 8 heteroatoms. The van der Waals surface area contributed by atoms with E-state index in [4.69, 9.17) is 0 Å². The molecule has 21 heavy (non-hydrogen) atoms. The Bertz CT molecular complexity index is 678. The van der Waals surface area contributed by atoms with Crippen LogP contribution >= 0.6 is 0 Å². The number of carbonyl (C=O) groups is 2. The summed E-state index contributed by atoms with van der Waals surface area (Å²) in [5.74, 6) is -1.51. The zero-order valence-corrected chi connectivity index (χ0v) is 11.2. The van der Waals surface area contributed by atoms with Crippen LogP contribution in [0.25, 0.3) is 0 Å². The normalized spacial score (nSPS) is 27.6. The first-order chi connectivity index (χ1) is 9.97. The monoisotopic (exact) mass is 293 g/mol. The van der Waals surface area contributed by atoms with Crippen molar-refractivity contribution in [3.63, 3.8) is 0 Å². The molecule has 112 valence electrons. The highest BCUT2D eigenvalue weighted by Crippen LogP contribution is 2.42. The van der Waals surface area contributed by atoms with Crippen molar-refractivity contribution in [2.75, 3.05) is 6.54 Å². The Kier molecular flexibility index (Phi) is 3.15. The van der Waals surface area contributed by atoms with Gasteiger partial charge >= 0.3 is 11.7 Å². The molecule has 1 saturated heterocycles. The number of H-pyrrole nitrogens is 2. The molecule has 1 amide bonds. The fourth-order valence-electron chi connectivity index (χ4n) is 3.57. The maximum Gasteiger partial charge on any atom is 0.326 e. The summed E-state index contributed by atoms with van der Waals surface area (Å²) in [6, 6.07) is 0.101. The maximum atomic E-state index is 12.4. The first-order valence-corrected chi connectivity index (χ1v) is 6.85. The van der Waals surface area contributed by atoms with E-state index >= 15 is 0 Å². The summed E-state index contributed by atoms with van der Waals surface area (Å²) in [4.78, 5) is 51.9. The Morgan fingerprint density at radius 3 is 2.67 bits per heavy atom. The number of rotatable bonds is 2. The largest absolute Gasteiger partial charge is 0.480 e. The molecular formula is C13H15N3O5. The molecule has 3 atom stereocenters. The number of hydrogen-bond donors (Lipinski definition) is 3. The molecule has 3 rings (SSSR count). The fourth-order valence-corrected chi connectivity index (χ4v) is 3.57. The van der Waals surface area contributed by atoms with Gasteiger partial charge in [0.05, 0.1) is 0 Å².